The van der Waals surface area contributed by atoms with E-state index in [4.69, 9.17) is 0 Å². The minimum atomic E-state index is -2.66. The number of amides is 2. The predicted octanol–water partition coefficient (Wildman–Crippen LogP) is 4.95. The van der Waals surface area contributed by atoms with E-state index in [0.717, 1.165) is 29.4 Å². The van der Waals surface area contributed by atoms with Gasteiger partial charge in [0.25, 0.3) is 11.8 Å². The van der Waals surface area contributed by atoms with Crippen LogP contribution in [-0.2, 0) is 11.3 Å². The number of imidazole rings is 1. The third kappa shape index (κ3) is 6.27. The minimum Gasteiger partial charge on any atom is -0.354 e. The molecular weight excluding hydrogens is 507 g/mol. The molecule has 0 bridgehead atoms. The molecular formula is C29H34F3N5O2. The Labute approximate surface area is 225 Å². The van der Waals surface area contributed by atoms with Crippen LogP contribution in [0.3, 0.4) is 0 Å². The number of aromatic nitrogens is 2. The molecule has 3 aromatic rings. The summed E-state index contributed by atoms with van der Waals surface area (Å²) in [6.45, 7) is 4.37. The molecule has 2 aliphatic rings. The van der Waals surface area contributed by atoms with Gasteiger partial charge in [0, 0.05) is 43.1 Å². The van der Waals surface area contributed by atoms with E-state index in [-0.39, 0.29) is 42.4 Å². The number of carbonyl (C=O) groups excluding carboxylic acids is 2. The van der Waals surface area contributed by atoms with Crippen LogP contribution in [0.15, 0.2) is 47.5 Å². The van der Waals surface area contributed by atoms with Gasteiger partial charge < -0.3 is 14.9 Å². The van der Waals surface area contributed by atoms with Crippen LogP contribution in [0.5, 0.6) is 0 Å². The molecule has 1 aromatic heterocycles. The molecule has 39 heavy (non-hydrogen) atoms. The summed E-state index contributed by atoms with van der Waals surface area (Å²) in [5, 5.41) is 3.00. The second-order valence-corrected chi connectivity index (χ2v) is 11.1. The van der Waals surface area contributed by atoms with Gasteiger partial charge >= 0.3 is 0 Å². The van der Waals surface area contributed by atoms with E-state index >= 15 is 0 Å². The summed E-state index contributed by atoms with van der Waals surface area (Å²) < 4.78 is 42.9. The van der Waals surface area contributed by atoms with Gasteiger partial charge in [-0.1, -0.05) is 6.07 Å². The molecule has 2 amide bonds. The number of fused-ring (bicyclic) bond motifs is 1. The van der Waals surface area contributed by atoms with Crippen molar-refractivity contribution in [1.82, 2.24) is 19.8 Å². The number of benzene rings is 2. The molecule has 1 aliphatic heterocycles. The Balaban J connectivity index is 1.48. The van der Waals surface area contributed by atoms with E-state index in [1.165, 1.54) is 24.3 Å². The van der Waals surface area contributed by atoms with Gasteiger partial charge in [0.1, 0.15) is 5.82 Å². The third-order valence-corrected chi connectivity index (χ3v) is 7.61. The van der Waals surface area contributed by atoms with Crippen molar-refractivity contribution in [2.24, 2.45) is 10.9 Å². The van der Waals surface area contributed by atoms with Crippen molar-refractivity contribution in [2.45, 2.75) is 70.5 Å². The van der Waals surface area contributed by atoms with Gasteiger partial charge in [-0.25, -0.2) is 13.2 Å². The van der Waals surface area contributed by atoms with Gasteiger partial charge in [-0.05, 0) is 81.5 Å². The maximum atomic E-state index is 13.8. The summed E-state index contributed by atoms with van der Waals surface area (Å²) in [6, 6.07) is 11.1. The molecule has 2 fully saturated rings. The van der Waals surface area contributed by atoms with Gasteiger partial charge in [0.05, 0.1) is 17.6 Å². The number of carbonyl (C=O) groups is 2. The molecule has 10 heteroatoms. The zero-order chi connectivity index (χ0) is 27.7. The molecule has 208 valence electrons. The highest BCUT2D eigenvalue weighted by Gasteiger charge is 2.38. The maximum absolute atomic E-state index is 13.8. The molecule has 1 saturated heterocycles. The summed E-state index contributed by atoms with van der Waals surface area (Å²) in [5.41, 5.74) is 3.15. The van der Waals surface area contributed by atoms with E-state index in [1.807, 2.05) is 36.6 Å². The van der Waals surface area contributed by atoms with Gasteiger partial charge in [-0.3, -0.25) is 14.5 Å². The summed E-state index contributed by atoms with van der Waals surface area (Å²) in [6.07, 6.45) is 2.72. The lowest BCUT2D eigenvalue weighted by Crippen LogP contribution is -2.38. The highest BCUT2D eigenvalue weighted by atomic mass is 19.3. The maximum Gasteiger partial charge on any atom is 0.280 e. The molecule has 2 N–H and O–H groups in total. The van der Waals surface area contributed by atoms with Crippen LogP contribution in [0.4, 0.5) is 13.2 Å². The highest BCUT2D eigenvalue weighted by Crippen LogP contribution is 2.34. The van der Waals surface area contributed by atoms with Gasteiger partial charge in [-0.15, -0.1) is 0 Å². The second kappa shape index (κ2) is 11.0. The molecule has 0 unspecified atom stereocenters. The Morgan fingerprint density at radius 3 is 2.46 bits per heavy atom. The van der Waals surface area contributed by atoms with Crippen molar-refractivity contribution < 1.29 is 22.8 Å². The zero-order valence-electron chi connectivity index (χ0n) is 22.2. The minimum absolute atomic E-state index is 0.00649. The topological polar surface area (TPSA) is 82.5 Å². The number of halogens is 3. The highest BCUT2D eigenvalue weighted by molar-refractivity contribution is 5.95. The SMILES string of the molecule is CC(C)NC(=O)[C@H]1CC[C@@H](n2/c(=N/C(=O)c3ccc(F)cc3)[nH]c3ccc(CN4CCC(F)(F)C4)cc32)CC1. The average molecular weight is 542 g/mol. The van der Waals surface area contributed by atoms with Crippen LogP contribution >= 0.6 is 0 Å². The lowest BCUT2D eigenvalue weighted by atomic mass is 9.85. The van der Waals surface area contributed by atoms with Crippen molar-refractivity contribution in [1.29, 1.82) is 0 Å². The first-order valence-corrected chi connectivity index (χ1v) is 13.6. The second-order valence-electron chi connectivity index (χ2n) is 11.1. The lowest BCUT2D eigenvalue weighted by molar-refractivity contribution is -0.126. The molecule has 0 radical (unpaired) electrons. The van der Waals surface area contributed by atoms with E-state index in [2.05, 4.69) is 15.3 Å². The van der Waals surface area contributed by atoms with Crippen molar-refractivity contribution in [3.8, 4) is 0 Å². The zero-order valence-corrected chi connectivity index (χ0v) is 22.2. The van der Waals surface area contributed by atoms with E-state index < -0.39 is 17.6 Å². The average Bonchev–Trinajstić information content (AvgIpc) is 3.42. The van der Waals surface area contributed by atoms with Crippen molar-refractivity contribution in [3.05, 3.63) is 65.0 Å². The number of hydrogen-bond donors (Lipinski definition) is 2. The first-order valence-electron chi connectivity index (χ1n) is 13.6. The number of likely N-dealkylation sites (tertiary alicyclic amines) is 1. The lowest BCUT2D eigenvalue weighted by Gasteiger charge is -2.29. The first kappa shape index (κ1) is 27.2. The Morgan fingerprint density at radius 2 is 1.82 bits per heavy atom. The Morgan fingerprint density at radius 1 is 1.10 bits per heavy atom. The first-order chi connectivity index (χ1) is 18.6. The van der Waals surface area contributed by atoms with E-state index in [1.54, 1.807) is 4.90 Å². The van der Waals surface area contributed by atoms with Gasteiger partial charge in [0.15, 0.2) is 0 Å². The molecule has 2 aromatic carbocycles. The summed E-state index contributed by atoms with van der Waals surface area (Å²) in [7, 11) is 0. The number of alkyl halides is 2. The van der Waals surface area contributed by atoms with E-state index in [9.17, 15) is 22.8 Å². The summed E-state index contributed by atoms with van der Waals surface area (Å²) >= 11 is 0. The van der Waals surface area contributed by atoms with Crippen LogP contribution in [-0.4, -0.2) is 51.3 Å². The fourth-order valence-electron chi connectivity index (χ4n) is 5.68. The number of aromatic amines is 1. The van der Waals surface area contributed by atoms with Gasteiger partial charge in [0.2, 0.25) is 11.5 Å². The largest absolute Gasteiger partial charge is 0.354 e. The molecule has 1 aliphatic carbocycles. The van der Waals surface area contributed by atoms with E-state index in [0.29, 0.717) is 31.5 Å². The summed E-state index contributed by atoms with van der Waals surface area (Å²) in [5.74, 6) is -3.60. The fourth-order valence-corrected chi connectivity index (χ4v) is 5.68. The number of hydrogen-bond acceptors (Lipinski definition) is 3. The Kier molecular flexibility index (Phi) is 7.66. The van der Waals surface area contributed by atoms with Crippen LogP contribution in [0.2, 0.25) is 0 Å². The van der Waals surface area contributed by atoms with Crippen LogP contribution in [0.1, 0.15) is 67.9 Å². The fraction of sp³-hybridized carbons (Fsp3) is 0.483. The molecule has 7 nitrogen and oxygen atoms in total. The standard InChI is InChI=1S/C29H34F3N5O2/c1-18(2)33-26(38)21-6-10-23(11-7-21)37-25-15-19(16-36-14-13-29(31,32)17-36)3-12-24(25)34-28(37)35-27(39)20-4-8-22(30)9-5-20/h3-5,8-9,12,15,18,21,23H,6-7,10-11,13-14,16-17H2,1-2H3,(H,33,38)(H,34,35,39)/t21-,23+. The molecule has 5 rings (SSSR count). The summed E-state index contributed by atoms with van der Waals surface area (Å²) in [4.78, 5) is 35.0. The quantitative estimate of drug-likeness (QED) is 0.464. The number of rotatable bonds is 6. The Bertz CT molecular complexity index is 1420. The number of nitrogens with zero attached hydrogens (tertiary/aromatic N) is 3. The van der Waals surface area contributed by atoms with Gasteiger partial charge in [-0.2, -0.15) is 4.99 Å². The molecule has 1 saturated carbocycles. The molecule has 2 heterocycles. The monoisotopic (exact) mass is 541 g/mol. The van der Waals surface area contributed by atoms with Crippen LogP contribution in [0.25, 0.3) is 11.0 Å². The molecule has 0 spiro atoms. The smallest absolute Gasteiger partial charge is 0.280 e. The third-order valence-electron chi connectivity index (χ3n) is 7.61. The Hall–Kier alpha value is -3.40. The van der Waals surface area contributed by atoms with Crippen molar-refractivity contribution >= 4 is 22.8 Å². The van der Waals surface area contributed by atoms with Crippen molar-refractivity contribution in [2.75, 3.05) is 13.1 Å². The predicted molar refractivity (Wildman–Crippen MR) is 142 cm³/mol. The number of nitrogens with one attached hydrogen (secondary N) is 2. The normalized spacial score (nSPS) is 22.1. The van der Waals surface area contributed by atoms with Crippen LogP contribution < -0.4 is 10.9 Å². The molecule has 0 atom stereocenters. The van der Waals surface area contributed by atoms with Crippen molar-refractivity contribution in [3.63, 3.8) is 0 Å². The van der Waals surface area contributed by atoms with Crippen LogP contribution in [0, 0.1) is 11.7 Å². The number of H-pyrrole nitrogens is 1.